The predicted octanol–water partition coefficient (Wildman–Crippen LogP) is 4.67. The number of carboxylic acid groups (broad SMARTS) is 1. The van der Waals surface area contributed by atoms with E-state index in [-0.39, 0.29) is 5.92 Å². The van der Waals surface area contributed by atoms with Crippen LogP contribution < -0.4 is 4.74 Å². The molecule has 1 aliphatic heterocycles. The first-order valence-corrected chi connectivity index (χ1v) is 10.4. The second kappa shape index (κ2) is 8.75. The molecule has 164 valence electrons. The number of rotatable bonds is 6. The summed E-state index contributed by atoms with van der Waals surface area (Å²) in [7, 11) is 0. The lowest BCUT2D eigenvalue weighted by molar-refractivity contribution is -0.148. The average molecular weight is 431 g/mol. The minimum absolute atomic E-state index is 0.261. The summed E-state index contributed by atoms with van der Waals surface area (Å²) in [6.07, 6.45) is 1.98. The quantitative estimate of drug-likeness (QED) is 0.722. The zero-order chi connectivity index (χ0) is 22.0. The van der Waals surface area contributed by atoms with Crippen LogP contribution in [-0.4, -0.2) is 41.7 Å². The number of alkyl halides is 3. The van der Waals surface area contributed by atoms with Crippen LogP contribution in [0.3, 0.4) is 0 Å². The standard InChI is InChI=1S/C24H24F3NO3/c25-24(26,27)19-9-6-16(7-10-19)3-2-12-31-22-5-1-4-17-8-11-20(13-21(17)22)28-14-18(15-28)23(29)30/h1-7,9-10,18,20H,8,11-15H2,(H,29,30)/b3-2+. The zero-order valence-electron chi connectivity index (χ0n) is 16.9. The fourth-order valence-corrected chi connectivity index (χ4v) is 4.26. The van der Waals surface area contributed by atoms with Gasteiger partial charge in [-0.1, -0.05) is 30.3 Å². The molecule has 0 amide bonds. The van der Waals surface area contributed by atoms with Gasteiger partial charge in [0.15, 0.2) is 0 Å². The van der Waals surface area contributed by atoms with E-state index in [1.807, 2.05) is 12.1 Å². The third-order valence-electron chi connectivity index (χ3n) is 6.08. The van der Waals surface area contributed by atoms with Gasteiger partial charge in [-0.2, -0.15) is 13.2 Å². The number of carboxylic acids is 1. The van der Waals surface area contributed by atoms with Crippen LogP contribution in [0.15, 0.2) is 48.5 Å². The molecule has 0 bridgehead atoms. The Bertz CT molecular complexity index is 963. The first-order valence-electron chi connectivity index (χ1n) is 10.4. The summed E-state index contributed by atoms with van der Waals surface area (Å²) in [5, 5.41) is 9.10. The molecule has 2 aliphatic rings. The van der Waals surface area contributed by atoms with Crippen LogP contribution in [0, 0.1) is 5.92 Å². The Balaban J connectivity index is 1.35. The summed E-state index contributed by atoms with van der Waals surface area (Å²) in [6.45, 7) is 1.52. The number of likely N-dealkylation sites (tertiary alicyclic amines) is 1. The van der Waals surface area contributed by atoms with E-state index in [4.69, 9.17) is 9.84 Å². The molecular formula is C24H24F3NO3. The molecule has 0 spiro atoms. The Hall–Kier alpha value is -2.80. The van der Waals surface area contributed by atoms with Crippen LogP contribution in [-0.2, 0) is 23.8 Å². The average Bonchev–Trinajstić information content (AvgIpc) is 2.69. The molecule has 1 saturated heterocycles. The van der Waals surface area contributed by atoms with E-state index in [9.17, 15) is 18.0 Å². The van der Waals surface area contributed by atoms with Crippen molar-refractivity contribution >= 4 is 12.0 Å². The lowest BCUT2D eigenvalue weighted by Gasteiger charge is -2.44. The fraction of sp³-hybridized carbons (Fsp3) is 0.375. The third-order valence-corrected chi connectivity index (χ3v) is 6.08. The van der Waals surface area contributed by atoms with Gasteiger partial charge < -0.3 is 9.84 Å². The summed E-state index contributed by atoms with van der Waals surface area (Å²) in [5.74, 6) is -0.172. The molecule has 4 nitrogen and oxygen atoms in total. The highest BCUT2D eigenvalue weighted by Crippen LogP contribution is 2.34. The van der Waals surface area contributed by atoms with Crippen molar-refractivity contribution in [2.45, 2.75) is 31.5 Å². The number of carbonyl (C=O) groups is 1. The van der Waals surface area contributed by atoms with Crippen molar-refractivity contribution in [3.8, 4) is 5.75 Å². The van der Waals surface area contributed by atoms with Gasteiger partial charge in [-0.05, 0) is 60.2 Å². The Morgan fingerprint density at radius 1 is 1.16 bits per heavy atom. The third kappa shape index (κ3) is 4.93. The van der Waals surface area contributed by atoms with Crippen molar-refractivity contribution < 1.29 is 27.8 Å². The lowest BCUT2D eigenvalue weighted by Crippen LogP contribution is -2.56. The van der Waals surface area contributed by atoms with Crippen molar-refractivity contribution in [2.75, 3.05) is 19.7 Å². The van der Waals surface area contributed by atoms with Gasteiger partial charge in [-0.25, -0.2) is 0 Å². The molecule has 31 heavy (non-hydrogen) atoms. The molecule has 1 fully saturated rings. The van der Waals surface area contributed by atoms with Gasteiger partial charge in [-0.15, -0.1) is 0 Å². The molecule has 1 atom stereocenters. The maximum Gasteiger partial charge on any atom is 0.416 e. The summed E-state index contributed by atoms with van der Waals surface area (Å²) >= 11 is 0. The zero-order valence-corrected chi connectivity index (χ0v) is 16.9. The van der Waals surface area contributed by atoms with Crippen LogP contribution >= 0.6 is 0 Å². The van der Waals surface area contributed by atoms with Gasteiger partial charge in [0.05, 0.1) is 11.5 Å². The monoisotopic (exact) mass is 431 g/mol. The highest BCUT2D eigenvalue weighted by molar-refractivity contribution is 5.71. The predicted molar refractivity (Wildman–Crippen MR) is 111 cm³/mol. The maximum absolute atomic E-state index is 12.6. The van der Waals surface area contributed by atoms with E-state index >= 15 is 0 Å². The molecule has 0 saturated carbocycles. The number of aliphatic carboxylic acids is 1. The summed E-state index contributed by atoms with van der Waals surface area (Å²) in [4.78, 5) is 13.3. The molecule has 7 heteroatoms. The van der Waals surface area contributed by atoms with E-state index in [0.717, 1.165) is 37.1 Å². The lowest BCUT2D eigenvalue weighted by atomic mass is 9.84. The molecule has 0 radical (unpaired) electrons. The van der Waals surface area contributed by atoms with E-state index < -0.39 is 17.7 Å². The fourth-order valence-electron chi connectivity index (χ4n) is 4.26. The van der Waals surface area contributed by atoms with Gasteiger partial charge in [-0.3, -0.25) is 9.69 Å². The number of benzene rings is 2. The van der Waals surface area contributed by atoms with Crippen LogP contribution in [0.4, 0.5) is 13.2 Å². The normalized spacial score (nSPS) is 19.8. The van der Waals surface area contributed by atoms with Crippen molar-refractivity contribution in [1.29, 1.82) is 0 Å². The second-order valence-electron chi connectivity index (χ2n) is 8.11. The van der Waals surface area contributed by atoms with Crippen molar-refractivity contribution in [2.24, 2.45) is 5.92 Å². The molecule has 1 N–H and O–H groups in total. The minimum atomic E-state index is -4.33. The molecule has 1 heterocycles. The molecule has 0 aromatic heterocycles. The second-order valence-corrected chi connectivity index (χ2v) is 8.11. The summed E-state index contributed by atoms with van der Waals surface area (Å²) in [5.41, 5.74) is 2.44. The van der Waals surface area contributed by atoms with Crippen molar-refractivity contribution in [3.05, 3.63) is 70.8 Å². The molecular weight excluding hydrogens is 407 g/mol. The first kappa shape index (κ1) is 21.4. The van der Waals surface area contributed by atoms with Crippen molar-refractivity contribution in [3.63, 3.8) is 0 Å². The van der Waals surface area contributed by atoms with E-state index in [2.05, 4.69) is 11.0 Å². The number of ether oxygens (including phenoxy) is 1. The van der Waals surface area contributed by atoms with Gasteiger partial charge >= 0.3 is 12.1 Å². The Morgan fingerprint density at radius 3 is 2.58 bits per heavy atom. The van der Waals surface area contributed by atoms with Crippen LogP contribution in [0.2, 0.25) is 0 Å². The van der Waals surface area contributed by atoms with Gasteiger partial charge in [0, 0.05) is 19.1 Å². The molecule has 4 rings (SSSR count). The van der Waals surface area contributed by atoms with Gasteiger partial charge in [0.25, 0.3) is 0 Å². The maximum atomic E-state index is 12.6. The molecule has 1 aliphatic carbocycles. The molecule has 1 unspecified atom stereocenters. The highest BCUT2D eigenvalue weighted by Gasteiger charge is 2.38. The van der Waals surface area contributed by atoms with Crippen LogP contribution in [0.25, 0.3) is 6.08 Å². The number of halogens is 3. The number of aryl methyl sites for hydroxylation is 1. The number of hydrogen-bond donors (Lipinski definition) is 1. The van der Waals surface area contributed by atoms with E-state index in [1.165, 1.54) is 23.3 Å². The first-order chi connectivity index (χ1) is 14.8. The van der Waals surface area contributed by atoms with E-state index in [1.54, 1.807) is 12.2 Å². The minimum Gasteiger partial charge on any atom is -0.489 e. The van der Waals surface area contributed by atoms with Crippen molar-refractivity contribution in [1.82, 2.24) is 4.90 Å². The highest BCUT2D eigenvalue weighted by atomic mass is 19.4. The number of nitrogens with zero attached hydrogens (tertiary/aromatic N) is 1. The van der Waals surface area contributed by atoms with Gasteiger partial charge in [0.1, 0.15) is 12.4 Å². The topological polar surface area (TPSA) is 49.8 Å². The Kier molecular flexibility index (Phi) is 6.05. The Labute approximate surface area is 178 Å². The Morgan fingerprint density at radius 2 is 1.90 bits per heavy atom. The van der Waals surface area contributed by atoms with Gasteiger partial charge in [0.2, 0.25) is 0 Å². The summed E-state index contributed by atoms with van der Waals surface area (Å²) in [6, 6.07) is 11.3. The molecule has 2 aromatic rings. The number of fused-ring (bicyclic) bond motifs is 1. The van der Waals surface area contributed by atoms with Crippen LogP contribution in [0.1, 0.15) is 28.7 Å². The SMILES string of the molecule is O=C(O)C1CN(C2CCc3cccc(OC/C=C/c4ccc(C(F)(F)F)cc4)c3C2)C1. The largest absolute Gasteiger partial charge is 0.489 e. The summed E-state index contributed by atoms with van der Waals surface area (Å²) < 4.78 is 43.9. The molecule has 2 aromatic carbocycles. The smallest absolute Gasteiger partial charge is 0.416 e. The van der Waals surface area contributed by atoms with Crippen LogP contribution in [0.5, 0.6) is 5.75 Å². The van der Waals surface area contributed by atoms with E-state index in [0.29, 0.717) is 31.3 Å². The number of hydrogen-bond acceptors (Lipinski definition) is 3.